The van der Waals surface area contributed by atoms with Gasteiger partial charge in [0.25, 0.3) is 0 Å². The molecule has 0 saturated carbocycles. The molecule has 19 heavy (non-hydrogen) atoms. The van der Waals surface area contributed by atoms with Crippen LogP contribution in [0.25, 0.3) is 0 Å². The zero-order valence-corrected chi connectivity index (χ0v) is 13.0. The highest BCUT2D eigenvalue weighted by atomic mass is 15.3. The van der Waals surface area contributed by atoms with E-state index in [2.05, 4.69) is 43.0 Å². The molecule has 0 radical (unpaired) electrons. The first-order valence-electron chi connectivity index (χ1n) is 7.29. The Balaban J connectivity index is 3.25. The number of aromatic nitrogens is 2. The van der Waals surface area contributed by atoms with E-state index in [-0.39, 0.29) is 11.6 Å². The van der Waals surface area contributed by atoms with E-state index < -0.39 is 0 Å². The number of rotatable bonds is 8. The number of imidazole rings is 1. The molecular weight excluding hydrogens is 238 g/mol. The van der Waals surface area contributed by atoms with Crippen molar-refractivity contribution in [1.29, 1.82) is 0 Å². The lowest BCUT2D eigenvalue weighted by Gasteiger charge is -2.47. The second kappa shape index (κ2) is 7.03. The molecule has 0 amide bonds. The van der Waals surface area contributed by atoms with E-state index >= 15 is 0 Å². The first-order chi connectivity index (χ1) is 9.11. The molecule has 5 nitrogen and oxygen atoms in total. The van der Waals surface area contributed by atoms with Crippen molar-refractivity contribution < 1.29 is 0 Å². The lowest BCUT2D eigenvalue weighted by atomic mass is 9.82. The van der Waals surface area contributed by atoms with Gasteiger partial charge in [-0.1, -0.05) is 27.7 Å². The van der Waals surface area contributed by atoms with Gasteiger partial charge >= 0.3 is 0 Å². The highest BCUT2D eigenvalue weighted by molar-refractivity contribution is 5.10. The zero-order chi connectivity index (χ0) is 14.5. The van der Waals surface area contributed by atoms with Crippen LogP contribution in [-0.4, -0.2) is 33.1 Å². The minimum absolute atomic E-state index is 0.00262. The van der Waals surface area contributed by atoms with Crippen LogP contribution in [0.5, 0.6) is 0 Å². The molecule has 1 aromatic rings. The predicted molar refractivity (Wildman–Crippen MR) is 79.5 cm³/mol. The summed E-state index contributed by atoms with van der Waals surface area (Å²) in [6.45, 7) is 10.9. The first-order valence-corrected chi connectivity index (χ1v) is 7.29. The standard InChI is InChI=1S/C14H29N5/c1-6-14(7-2,19(8-3)9-4)12(17-15)13-16-10-11-18(13)5/h10-12,17H,6-9,15H2,1-5H3. The Morgan fingerprint density at radius 3 is 2.21 bits per heavy atom. The van der Waals surface area contributed by atoms with Crippen LogP contribution in [0.4, 0.5) is 0 Å². The Labute approximate surface area is 117 Å². The number of likely N-dealkylation sites (N-methyl/N-ethyl adjacent to an activating group) is 1. The number of aryl methyl sites for hydroxylation is 1. The monoisotopic (exact) mass is 267 g/mol. The maximum atomic E-state index is 5.89. The van der Waals surface area contributed by atoms with Crippen molar-refractivity contribution in [2.24, 2.45) is 12.9 Å². The fourth-order valence-electron chi connectivity index (χ4n) is 3.27. The van der Waals surface area contributed by atoms with Crippen molar-refractivity contribution in [3.63, 3.8) is 0 Å². The fourth-order valence-corrected chi connectivity index (χ4v) is 3.27. The van der Waals surface area contributed by atoms with E-state index in [0.717, 1.165) is 31.8 Å². The molecule has 0 aliphatic carbocycles. The summed E-state index contributed by atoms with van der Waals surface area (Å²) < 4.78 is 2.05. The van der Waals surface area contributed by atoms with E-state index in [1.165, 1.54) is 0 Å². The topological polar surface area (TPSA) is 59.1 Å². The van der Waals surface area contributed by atoms with Gasteiger partial charge in [0.15, 0.2) is 0 Å². The smallest absolute Gasteiger partial charge is 0.128 e. The predicted octanol–water partition coefficient (Wildman–Crippen LogP) is 1.83. The Bertz CT molecular complexity index is 366. The van der Waals surface area contributed by atoms with E-state index in [1.54, 1.807) is 0 Å². The average Bonchev–Trinajstić information content (AvgIpc) is 2.85. The van der Waals surface area contributed by atoms with Gasteiger partial charge in [-0.2, -0.15) is 0 Å². The van der Waals surface area contributed by atoms with Gasteiger partial charge < -0.3 is 4.57 Å². The van der Waals surface area contributed by atoms with Crippen molar-refractivity contribution in [3.05, 3.63) is 18.2 Å². The lowest BCUT2D eigenvalue weighted by molar-refractivity contribution is 0.0447. The van der Waals surface area contributed by atoms with E-state index in [4.69, 9.17) is 5.84 Å². The summed E-state index contributed by atoms with van der Waals surface area (Å²) in [5.41, 5.74) is 3.01. The van der Waals surface area contributed by atoms with Gasteiger partial charge in [-0.15, -0.1) is 0 Å². The third-order valence-electron chi connectivity index (χ3n) is 4.44. The van der Waals surface area contributed by atoms with Gasteiger partial charge in [-0.05, 0) is 25.9 Å². The molecule has 1 heterocycles. The average molecular weight is 267 g/mol. The molecule has 0 fully saturated rings. The summed E-state index contributed by atoms with van der Waals surface area (Å²) >= 11 is 0. The summed E-state index contributed by atoms with van der Waals surface area (Å²) in [6.07, 6.45) is 5.87. The third kappa shape index (κ3) is 2.83. The van der Waals surface area contributed by atoms with Crippen LogP contribution in [0.2, 0.25) is 0 Å². The Morgan fingerprint density at radius 1 is 1.32 bits per heavy atom. The molecule has 5 heteroatoms. The normalized spacial score (nSPS) is 14.1. The minimum atomic E-state index is -0.00262. The highest BCUT2D eigenvalue weighted by Crippen LogP contribution is 2.36. The molecule has 1 aromatic heterocycles. The molecule has 0 saturated heterocycles. The molecule has 0 aromatic carbocycles. The maximum absolute atomic E-state index is 5.89. The summed E-state index contributed by atoms with van der Waals surface area (Å²) in [4.78, 5) is 6.99. The van der Waals surface area contributed by atoms with Crippen LogP contribution in [0.3, 0.4) is 0 Å². The SMILES string of the molecule is CCN(CC)C(CC)(CC)C(NN)c1nccn1C. The molecule has 1 atom stereocenters. The van der Waals surface area contributed by atoms with E-state index in [0.29, 0.717) is 0 Å². The molecule has 1 rings (SSSR count). The number of nitrogens with zero attached hydrogens (tertiary/aromatic N) is 3. The van der Waals surface area contributed by atoms with E-state index in [9.17, 15) is 0 Å². The maximum Gasteiger partial charge on any atom is 0.128 e. The summed E-state index contributed by atoms with van der Waals surface area (Å²) in [5, 5.41) is 0. The van der Waals surface area contributed by atoms with E-state index in [1.807, 2.05) is 24.0 Å². The molecular formula is C14H29N5. The van der Waals surface area contributed by atoms with Crippen LogP contribution >= 0.6 is 0 Å². The Hall–Kier alpha value is -0.910. The third-order valence-corrected chi connectivity index (χ3v) is 4.44. The van der Waals surface area contributed by atoms with Gasteiger partial charge in [0.2, 0.25) is 0 Å². The quantitative estimate of drug-likeness (QED) is 0.557. The van der Waals surface area contributed by atoms with Crippen LogP contribution in [0.15, 0.2) is 12.4 Å². The van der Waals surface area contributed by atoms with Gasteiger partial charge in [-0.25, -0.2) is 10.4 Å². The molecule has 110 valence electrons. The van der Waals surface area contributed by atoms with Crippen molar-refractivity contribution in [2.45, 2.75) is 52.1 Å². The zero-order valence-electron chi connectivity index (χ0n) is 13.0. The summed E-state index contributed by atoms with van der Waals surface area (Å²) in [5.74, 6) is 6.89. The second-order valence-electron chi connectivity index (χ2n) is 4.98. The fraction of sp³-hybridized carbons (Fsp3) is 0.786. The molecule has 3 N–H and O–H groups in total. The van der Waals surface area contributed by atoms with Crippen LogP contribution in [0.1, 0.15) is 52.4 Å². The molecule has 0 bridgehead atoms. The number of nitrogens with one attached hydrogen (secondary N) is 1. The molecule has 0 aliphatic heterocycles. The summed E-state index contributed by atoms with van der Waals surface area (Å²) in [6, 6.07) is 0.0300. The number of hydrogen-bond acceptors (Lipinski definition) is 4. The Morgan fingerprint density at radius 2 is 1.89 bits per heavy atom. The van der Waals surface area contributed by atoms with Crippen LogP contribution in [0, 0.1) is 0 Å². The minimum Gasteiger partial charge on any atom is -0.337 e. The lowest BCUT2D eigenvalue weighted by Crippen LogP contribution is -2.57. The molecule has 1 unspecified atom stereocenters. The second-order valence-corrected chi connectivity index (χ2v) is 4.98. The van der Waals surface area contributed by atoms with Crippen molar-refractivity contribution in [1.82, 2.24) is 19.9 Å². The van der Waals surface area contributed by atoms with Crippen LogP contribution in [-0.2, 0) is 7.05 Å². The number of hydrogen-bond donors (Lipinski definition) is 2. The van der Waals surface area contributed by atoms with Crippen LogP contribution < -0.4 is 11.3 Å². The van der Waals surface area contributed by atoms with Gasteiger partial charge in [0.1, 0.15) is 5.82 Å². The van der Waals surface area contributed by atoms with Crippen molar-refractivity contribution >= 4 is 0 Å². The number of hydrazine groups is 1. The van der Waals surface area contributed by atoms with Crippen molar-refractivity contribution in [3.8, 4) is 0 Å². The van der Waals surface area contributed by atoms with Gasteiger partial charge in [0.05, 0.1) is 6.04 Å². The molecule has 0 spiro atoms. The molecule has 0 aliphatic rings. The first kappa shape index (κ1) is 16.1. The Kier molecular flexibility index (Phi) is 5.97. The van der Waals surface area contributed by atoms with Crippen molar-refractivity contribution in [2.75, 3.05) is 13.1 Å². The van der Waals surface area contributed by atoms with Gasteiger partial charge in [0, 0.05) is 25.0 Å². The highest BCUT2D eigenvalue weighted by Gasteiger charge is 2.42. The largest absolute Gasteiger partial charge is 0.337 e. The van der Waals surface area contributed by atoms with Gasteiger partial charge in [-0.3, -0.25) is 10.7 Å². The number of nitrogens with two attached hydrogens (primary N) is 1. The summed E-state index contributed by atoms with van der Waals surface area (Å²) in [7, 11) is 2.02.